The summed E-state index contributed by atoms with van der Waals surface area (Å²) in [6.45, 7) is 12.3. The molecule has 1 saturated carbocycles. The normalized spacial score (nSPS) is 32.3. The van der Waals surface area contributed by atoms with E-state index in [2.05, 4.69) is 17.2 Å². The third-order valence-electron chi connectivity index (χ3n) is 9.04. The molecule has 9 heteroatoms. The number of hydrogen-bond donors (Lipinski definition) is 2. The SMILES string of the molecule is C[C@H]1c2c(cc(F)c(Cl)c2B2OC(C)(C)C(C)(C)O2)O[C@]1(CNC1CCC(C)(O)CC1)c1cccnc1. The number of rotatable bonds is 5. The lowest BCUT2D eigenvalue weighted by Crippen LogP contribution is -2.49. The van der Waals surface area contributed by atoms with E-state index in [0.717, 1.165) is 36.8 Å². The lowest BCUT2D eigenvalue weighted by Gasteiger charge is -2.38. The number of aliphatic hydroxyl groups is 1. The van der Waals surface area contributed by atoms with Crippen molar-refractivity contribution < 1.29 is 23.5 Å². The summed E-state index contributed by atoms with van der Waals surface area (Å²) in [5, 5.41) is 14.1. The first kappa shape index (κ1) is 26.9. The van der Waals surface area contributed by atoms with Gasteiger partial charge in [-0.25, -0.2) is 4.39 Å². The maximum atomic E-state index is 15.2. The Bertz CT molecular complexity index is 1150. The van der Waals surface area contributed by atoms with Gasteiger partial charge < -0.3 is 24.5 Å². The highest BCUT2D eigenvalue weighted by atomic mass is 35.5. The molecule has 0 spiro atoms. The van der Waals surface area contributed by atoms with Gasteiger partial charge in [0.05, 0.1) is 21.8 Å². The number of benzene rings is 1. The topological polar surface area (TPSA) is 72.8 Å². The van der Waals surface area contributed by atoms with Crippen molar-refractivity contribution in [2.75, 3.05) is 6.54 Å². The highest BCUT2D eigenvalue weighted by Crippen LogP contribution is 2.51. The van der Waals surface area contributed by atoms with Crippen LogP contribution in [-0.2, 0) is 14.9 Å². The van der Waals surface area contributed by atoms with Crippen LogP contribution in [0.15, 0.2) is 30.6 Å². The number of aromatic nitrogens is 1. The monoisotopic (exact) mass is 530 g/mol. The van der Waals surface area contributed by atoms with Gasteiger partial charge in [0, 0.05) is 53.6 Å². The van der Waals surface area contributed by atoms with E-state index >= 15 is 4.39 Å². The summed E-state index contributed by atoms with van der Waals surface area (Å²) in [6, 6.07) is 5.50. The van der Waals surface area contributed by atoms with E-state index in [0.29, 0.717) is 17.8 Å². The molecule has 200 valence electrons. The number of pyridine rings is 1. The zero-order chi connectivity index (χ0) is 26.8. The maximum Gasteiger partial charge on any atom is 0.496 e. The van der Waals surface area contributed by atoms with Crippen LogP contribution in [0.1, 0.15) is 84.3 Å². The number of fused-ring (bicyclic) bond motifs is 1. The minimum absolute atomic E-state index is 0.00263. The van der Waals surface area contributed by atoms with Gasteiger partial charge in [-0.05, 0) is 66.4 Å². The average molecular weight is 531 g/mol. The van der Waals surface area contributed by atoms with E-state index in [1.54, 1.807) is 6.20 Å². The molecule has 0 amide bonds. The number of nitrogens with one attached hydrogen (secondary N) is 1. The van der Waals surface area contributed by atoms with Gasteiger partial charge in [0.2, 0.25) is 0 Å². The van der Waals surface area contributed by atoms with Gasteiger partial charge >= 0.3 is 7.12 Å². The molecule has 2 aromatic rings. The molecule has 6 nitrogen and oxygen atoms in total. The average Bonchev–Trinajstić information content (AvgIpc) is 3.23. The molecule has 0 bridgehead atoms. The molecule has 0 radical (unpaired) electrons. The minimum Gasteiger partial charge on any atom is -0.480 e. The number of halogens is 2. The quantitative estimate of drug-likeness (QED) is 0.539. The molecule has 5 rings (SSSR count). The van der Waals surface area contributed by atoms with Gasteiger partial charge in [-0.1, -0.05) is 24.6 Å². The van der Waals surface area contributed by atoms with E-state index in [1.807, 2.05) is 52.9 Å². The smallest absolute Gasteiger partial charge is 0.480 e. The number of nitrogens with zero attached hydrogens (tertiary/aromatic N) is 1. The minimum atomic E-state index is -0.841. The van der Waals surface area contributed by atoms with Crippen LogP contribution >= 0.6 is 11.6 Å². The van der Waals surface area contributed by atoms with Crippen LogP contribution < -0.4 is 15.5 Å². The van der Waals surface area contributed by atoms with E-state index in [4.69, 9.17) is 25.6 Å². The van der Waals surface area contributed by atoms with Crippen LogP contribution in [0.2, 0.25) is 5.02 Å². The Kier molecular flexibility index (Phi) is 6.68. The molecule has 37 heavy (non-hydrogen) atoms. The Hall–Kier alpha value is -1.71. The molecule has 2 N–H and O–H groups in total. The zero-order valence-corrected chi connectivity index (χ0v) is 23.3. The Labute approximate surface area is 224 Å². The van der Waals surface area contributed by atoms with E-state index < -0.39 is 35.3 Å². The van der Waals surface area contributed by atoms with Gasteiger partial charge in [0.15, 0.2) is 5.60 Å². The summed E-state index contributed by atoms with van der Waals surface area (Å²) in [5.41, 5.74) is -0.486. The van der Waals surface area contributed by atoms with Crippen LogP contribution in [0, 0.1) is 5.82 Å². The lowest BCUT2D eigenvalue weighted by atomic mass is 9.69. The Morgan fingerprint density at radius 2 is 1.81 bits per heavy atom. The summed E-state index contributed by atoms with van der Waals surface area (Å²) in [7, 11) is -0.828. The van der Waals surface area contributed by atoms with E-state index in [9.17, 15) is 5.11 Å². The number of hydrogen-bond acceptors (Lipinski definition) is 6. The molecule has 1 aliphatic carbocycles. The largest absolute Gasteiger partial charge is 0.496 e. The van der Waals surface area contributed by atoms with Crippen molar-refractivity contribution in [3.05, 3.63) is 52.6 Å². The summed E-state index contributed by atoms with van der Waals surface area (Å²) in [6.07, 6.45) is 6.77. The lowest BCUT2D eigenvalue weighted by molar-refractivity contribution is 0.00578. The number of ether oxygens (including phenoxy) is 1. The zero-order valence-electron chi connectivity index (χ0n) is 22.5. The predicted octanol–water partition coefficient (Wildman–Crippen LogP) is 4.85. The molecule has 3 heterocycles. The third-order valence-corrected chi connectivity index (χ3v) is 9.42. The molecule has 2 atom stereocenters. The first-order valence-electron chi connectivity index (χ1n) is 13.2. The van der Waals surface area contributed by atoms with Crippen LogP contribution in [-0.4, -0.2) is 46.6 Å². The van der Waals surface area contributed by atoms with Crippen molar-refractivity contribution in [1.82, 2.24) is 10.3 Å². The molecule has 2 aliphatic heterocycles. The van der Waals surface area contributed by atoms with Crippen molar-refractivity contribution in [3.63, 3.8) is 0 Å². The van der Waals surface area contributed by atoms with Crippen molar-refractivity contribution in [1.29, 1.82) is 0 Å². The summed E-state index contributed by atoms with van der Waals surface area (Å²) >= 11 is 6.63. The van der Waals surface area contributed by atoms with E-state index in [-0.39, 0.29) is 17.0 Å². The predicted molar refractivity (Wildman–Crippen MR) is 143 cm³/mol. The van der Waals surface area contributed by atoms with Gasteiger partial charge in [0.1, 0.15) is 11.6 Å². The molecule has 0 unspecified atom stereocenters. The molecular weight excluding hydrogens is 494 g/mol. The van der Waals surface area contributed by atoms with Crippen molar-refractivity contribution in [2.45, 2.75) is 102 Å². The Balaban J connectivity index is 1.54. The van der Waals surface area contributed by atoms with E-state index in [1.165, 1.54) is 6.07 Å². The van der Waals surface area contributed by atoms with Crippen LogP contribution in [0.3, 0.4) is 0 Å². The third kappa shape index (κ3) is 4.59. The molecule has 1 aromatic carbocycles. The summed E-state index contributed by atoms with van der Waals surface area (Å²) < 4.78 is 34.6. The van der Waals surface area contributed by atoms with Crippen LogP contribution in [0.25, 0.3) is 0 Å². The highest BCUT2D eigenvalue weighted by molar-refractivity contribution is 6.66. The van der Waals surface area contributed by atoms with Crippen molar-refractivity contribution >= 4 is 24.2 Å². The first-order valence-corrected chi connectivity index (χ1v) is 13.6. The maximum absolute atomic E-state index is 15.2. The van der Waals surface area contributed by atoms with Gasteiger partial charge in [-0.15, -0.1) is 0 Å². The fraction of sp³-hybridized carbons (Fsp3) is 0.607. The standard InChI is InChI=1S/C28H37BClFN2O4/c1-17-22-21(14-20(31)24(30)23(22)29-36-25(2,3)26(4,5)37-29)35-28(17,18-8-7-13-32-15-18)16-33-19-9-11-27(6,34)12-10-19/h7-8,13-15,17,19,33-34H,9-12,16H2,1-6H3/t17-,19?,27?,28-/m0/s1. The van der Waals surface area contributed by atoms with Gasteiger partial charge in [-0.3, -0.25) is 4.98 Å². The Morgan fingerprint density at radius 3 is 2.41 bits per heavy atom. The second-order valence-electron chi connectivity index (χ2n) is 12.2. The first-order chi connectivity index (χ1) is 17.3. The summed E-state index contributed by atoms with van der Waals surface area (Å²) in [5.74, 6) is -0.337. The molecule has 3 aliphatic rings. The molecule has 1 saturated heterocycles. The van der Waals surface area contributed by atoms with Crippen molar-refractivity contribution in [3.8, 4) is 5.75 Å². The molecule has 1 aromatic heterocycles. The van der Waals surface area contributed by atoms with Crippen molar-refractivity contribution in [2.24, 2.45) is 0 Å². The Morgan fingerprint density at radius 1 is 1.16 bits per heavy atom. The summed E-state index contributed by atoms with van der Waals surface area (Å²) in [4.78, 5) is 4.37. The van der Waals surface area contributed by atoms with Gasteiger partial charge in [0.25, 0.3) is 0 Å². The fourth-order valence-corrected chi connectivity index (χ4v) is 6.07. The molecular formula is C28H37BClFN2O4. The van der Waals surface area contributed by atoms with Gasteiger partial charge in [-0.2, -0.15) is 0 Å². The second kappa shape index (κ2) is 9.20. The second-order valence-corrected chi connectivity index (χ2v) is 12.6. The fourth-order valence-electron chi connectivity index (χ4n) is 5.83. The molecule has 2 fully saturated rings. The highest BCUT2D eigenvalue weighted by Gasteiger charge is 2.56. The van der Waals surface area contributed by atoms with Crippen LogP contribution in [0.4, 0.5) is 4.39 Å². The van der Waals surface area contributed by atoms with Crippen LogP contribution in [0.5, 0.6) is 5.75 Å².